The van der Waals surface area contributed by atoms with Gasteiger partial charge in [0.2, 0.25) is 0 Å². The minimum atomic E-state index is -0.0962. The molecule has 2 atom stereocenters. The molecule has 3 heterocycles. The van der Waals surface area contributed by atoms with Gasteiger partial charge in [0.05, 0.1) is 18.4 Å². The average molecular weight is 331 g/mol. The van der Waals surface area contributed by atoms with E-state index in [2.05, 4.69) is 29.2 Å². The molecule has 1 aliphatic rings. The molecule has 2 aromatic heterocycles. The molecule has 1 amide bonds. The molecule has 0 unspecified atom stereocenters. The summed E-state index contributed by atoms with van der Waals surface area (Å²) in [5, 5.41) is 7.22. The molecular weight excluding hydrogens is 306 g/mol. The first-order valence-electron chi connectivity index (χ1n) is 8.36. The Labute approximate surface area is 142 Å². The van der Waals surface area contributed by atoms with Crippen LogP contribution < -0.4 is 5.32 Å². The Bertz CT molecular complexity index is 669. The smallest absolute Gasteiger partial charge is 0.256 e. The fraction of sp³-hybridized carbons (Fsp3) is 0.529. The van der Waals surface area contributed by atoms with E-state index in [4.69, 9.17) is 4.74 Å². The van der Waals surface area contributed by atoms with Gasteiger partial charge in [0.25, 0.3) is 5.91 Å². The van der Waals surface area contributed by atoms with Crippen molar-refractivity contribution in [2.24, 2.45) is 7.05 Å². The van der Waals surface area contributed by atoms with Crippen molar-refractivity contribution in [1.29, 1.82) is 0 Å². The number of rotatable bonds is 5. The summed E-state index contributed by atoms with van der Waals surface area (Å²) in [4.78, 5) is 14.9. The van der Waals surface area contributed by atoms with Crippen LogP contribution in [0.4, 0.5) is 0 Å². The maximum absolute atomic E-state index is 12.5. The highest BCUT2D eigenvalue weighted by Crippen LogP contribution is 2.14. The van der Waals surface area contributed by atoms with Crippen LogP contribution in [0.3, 0.4) is 0 Å². The van der Waals surface area contributed by atoms with Crippen molar-refractivity contribution < 1.29 is 9.53 Å². The SMILES string of the molecule is C[C@H]1CN(CCNC(=O)c2cnn(C)c2-n2cccc2)C[C@H](C)O1. The van der Waals surface area contributed by atoms with E-state index in [0.717, 1.165) is 25.5 Å². The second-order valence-corrected chi connectivity index (χ2v) is 6.37. The van der Waals surface area contributed by atoms with Crippen LogP contribution in [0.2, 0.25) is 0 Å². The van der Waals surface area contributed by atoms with Gasteiger partial charge in [-0.2, -0.15) is 5.10 Å². The molecule has 24 heavy (non-hydrogen) atoms. The van der Waals surface area contributed by atoms with Gasteiger partial charge in [-0.05, 0) is 26.0 Å². The molecule has 0 aliphatic carbocycles. The minimum absolute atomic E-state index is 0.0962. The Kier molecular flexibility index (Phi) is 5.01. The molecule has 0 aromatic carbocycles. The van der Waals surface area contributed by atoms with E-state index in [9.17, 15) is 4.79 Å². The molecule has 7 heteroatoms. The predicted octanol–water partition coefficient (Wildman–Crippen LogP) is 1.05. The molecule has 0 spiro atoms. The molecule has 1 saturated heterocycles. The Morgan fingerprint density at radius 1 is 1.29 bits per heavy atom. The van der Waals surface area contributed by atoms with Gasteiger partial charge in [-0.25, -0.2) is 0 Å². The standard InChI is InChI=1S/C17H25N5O2/c1-13-11-21(12-14(2)24-13)9-6-18-16(23)15-10-19-20(3)17(15)22-7-4-5-8-22/h4-5,7-8,10,13-14H,6,9,11-12H2,1-3H3,(H,18,23)/t13-,14-/m0/s1. The lowest BCUT2D eigenvalue weighted by Gasteiger charge is -2.35. The summed E-state index contributed by atoms with van der Waals surface area (Å²) >= 11 is 0. The first-order chi connectivity index (χ1) is 11.5. The number of carbonyl (C=O) groups excluding carboxylic acids is 1. The van der Waals surface area contributed by atoms with Crippen LogP contribution in [0.1, 0.15) is 24.2 Å². The third-order valence-corrected chi connectivity index (χ3v) is 4.21. The number of hydrogen-bond acceptors (Lipinski definition) is 4. The van der Waals surface area contributed by atoms with Gasteiger partial charge in [-0.1, -0.05) is 0 Å². The maximum atomic E-state index is 12.5. The van der Waals surface area contributed by atoms with Crippen LogP contribution >= 0.6 is 0 Å². The second-order valence-electron chi connectivity index (χ2n) is 6.37. The zero-order valence-electron chi connectivity index (χ0n) is 14.5. The number of hydrogen-bond donors (Lipinski definition) is 1. The monoisotopic (exact) mass is 331 g/mol. The lowest BCUT2D eigenvalue weighted by Crippen LogP contribution is -2.47. The van der Waals surface area contributed by atoms with Crippen LogP contribution in [0.15, 0.2) is 30.7 Å². The van der Waals surface area contributed by atoms with Gasteiger partial charge in [-0.3, -0.25) is 14.4 Å². The lowest BCUT2D eigenvalue weighted by atomic mass is 10.2. The number of amides is 1. The summed E-state index contributed by atoms with van der Waals surface area (Å²) in [5.41, 5.74) is 0.581. The van der Waals surface area contributed by atoms with E-state index in [-0.39, 0.29) is 18.1 Å². The van der Waals surface area contributed by atoms with E-state index in [0.29, 0.717) is 12.1 Å². The summed E-state index contributed by atoms with van der Waals surface area (Å²) < 4.78 is 9.33. The fourth-order valence-corrected chi connectivity index (χ4v) is 3.26. The largest absolute Gasteiger partial charge is 0.373 e. The number of morpholine rings is 1. The van der Waals surface area contributed by atoms with Crippen molar-refractivity contribution in [1.82, 2.24) is 24.6 Å². The number of nitrogens with one attached hydrogen (secondary N) is 1. The van der Waals surface area contributed by atoms with E-state index in [1.807, 2.05) is 36.1 Å². The first-order valence-corrected chi connectivity index (χ1v) is 8.36. The highest BCUT2D eigenvalue weighted by atomic mass is 16.5. The molecule has 7 nitrogen and oxygen atoms in total. The van der Waals surface area contributed by atoms with E-state index in [1.165, 1.54) is 0 Å². The van der Waals surface area contributed by atoms with Crippen molar-refractivity contribution in [2.75, 3.05) is 26.2 Å². The molecule has 2 aromatic rings. The highest BCUT2D eigenvalue weighted by Gasteiger charge is 2.22. The normalized spacial score (nSPS) is 21.8. The zero-order chi connectivity index (χ0) is 17.1. The highest BCUT2D eigenvalue weighted by molar-refractivity contribution is 5.97. The quantitative estimate of drug-likeness (QED) is 0.889. The van der Waals surface area contributed by atoms with Crippen molar-refractivity contribution in [3.05, 3.63) is 36.3 Å². The summed E-state index contributed by atoms with van der Waals surface area (Å²) in [6.45, 7) is 7.41. The van der Waals surface area contributed by atoms with Gasteiger partial charge in [0.1, 0.15) is 11.4 Å². The third kappa shape index (κ3) is 3.68. The third-order valence-electron chi connectivity index (χ3n) is 4.21. The van der Waals surface area contributed by atoms with Crippen LogP contribution in [0.25, 0.3) is 5.82 Å². The predicted molar refractivity (Wildman–Crippen MR) is 91.3 cm³/mol. The summed E-state index contributed by atoms with van der Waals surface area (Å²) in [6.07, 6.45) is 5.91. The van der Waals surface area contributed by atoms with E-state index < -0.39 is 0 Å². The number of nitrogens with zero attached hydrogens (tertiary/aromatic N) is 4. The van der Waals surface area contributed by atoms with E-state index in [1.54, 1.807) is 10.9 Å². The van der Waals surface area contributed by atoms with Crippen molar-refractivity contribution in [3.63, 3.8) is 0 Å². The molecule has 3 rings (SSSR count). The molecule has 0 bridgehead atoms. The number of aromatic nitrogens is 3. The van der Waals surface area contributed by atoms with Crippen molar-refractivity contribution in [2.45, 2.75) is 26.1 Å². The second kappa shape index (κ2) is 7.19. The number of carbonyl (C=O) groups is 1. The number of ether oxygens (including phenoxy) is 1. The zero-order valence-corrected chi connectivity index (χ0v) is 14.5. The molecule has 1 fully saturated rings. The van der Waals surface area contributed by atoms with Gasteiger partial charge >= 0.3 is 0 Å². The Morgan fingerprint density at radius 2 is 1.96 bits per heavy atom. The first kappa shape index (κ1) is 16.7. The van der Waals surface area contributed by atoms with Crippen LogP contribution in [-0.2, 0) is 11.8 Å². The van der Waals surface area contributed by atoms with E-state index >= 15 is 0 Å². The molecule has 0 saturated carbocycles. The molecular formula is C17H25N5O2. The van der Waals surface area contributed by atoms with Gasteiger partial charge < -0.3 is 14.6 Å². The summed E-state index contributed by atoms with van der Waals surface area (Å²) in [5.74, 6) is 0.673. The van der Waals surface area contributed by atoms with Crippen LogP contribution in [-0.4, -0.2) is 63.5 Å². The maximum Gasteiger partial charge on any atom is 0.256 e. The molecule has 1 aliphatic heterocycles. The van der Waals surface area contributed by atoms with Gasteiger partial charge in [-0.15, -0.1) is 0 Å². The summed E-state index contributed by atoms with van der Waals surface area (Å²) in [7, 11) is 1.84. The van der Waals surface area contributed by atoms with Gasteiger partial charge in [0.15, 0.2) is 0 Å². The van der Waals surface area contributed by atoms with Crippen molar-refractivity contribution >= 4 is 5.91 Å². The molecule has 130 valence electrons. The molecule has 0 radical (unpaired) electrons. The topological polar surface area (TPSA) is 64.3 Å². The Balaban J connectivity index is 1.58. The van der Waals surface area contributed by atoms with Gasteiger partial charge in [0, 0.05) is 45.6 Å². The Morgan fingerprint density at radius 3 is 2.62 bits per heavy atom. The number of aryl methyl sites for hydroxylation is 1. The summed E-state index contributed by atoms with van der Waals surface area (Å²) in [6, 6.07) is 3.85. The Hall–Kier alpha value is -2.12. The van der Waals surface area contributed by atoms with Crippen molar-refractivity contribution in [3.8, 4) is 5.82 Å². The lowest BCUT2D eigenvalue weighted by molar-refractivity contribution is -0.0672. The van der Waals surface area contributed by atoms with Crippen LogP contribution in [0.5, 0.6) is 0 Å². The minimum Gasteiger partial charge on any atom is -0.373 e. The fourth-order valence-electron chi connectivity index (χ4n) is 3.26. The average Bonchev–Trinajstić information content (AvgIpc) is 3.15. The molecule has 1 N–H and O–H groups in total. The van der Waals surface area contributed by atoms with Crippen LogP contribution in [0, 0.1) is 0 Å².